The van der Waals surface area contributed by atoms with Gasteiger partial charge in [-0.25, -0.2) is 0 Å². The number of benzene rings is 2. The summed E-state index contributed by atoms with van der Waals surface area (Å²) in [5.74, 6) is -0.842. The summed E-state index contributed by atoms with van der Waals surface area (Å²) in [6.45, 7) is 1.65. The Morgan fingerprint density at radius 1 is 1.19 bits per heavy atom. The molecule has 1 amide bonds. The minimum Gasteiger partial charge on any atom is -0.464 e. The lowest BCUT2D eigenvalue weighted by Gasteiger charge is -2.07. The molecule has 26 heavy (non-hydrogen) atoms. The first-order valence-corrected chi connectivity index (χ1v) is 9.34. The number of hydrogen-bond donors (Lipinski definition) is 1. The second-order valence-corrected chi connectivity index (χ2v) is 6.76. The molecule has 1 aromatic heterocycles. The van der Waals surface area contributed by atoms with Crippen LogP contribution in [0.4, 0.5) is 5.69 Å². The van der Waals surface area contributed by atoms with E-state index in [-0.39, 0.29) is 18.9 Å². The number of fused-ring (bicyclic) bond motifs is 1. The normalized spacial score (nSPS) is 10.7. The zero-order valence-electron chi connectivity index (χ0n) is 14.6. The maximum Gasteiger partial charge on any atom is 0.310 e. The first-order valence-electron chi connectivity index (χ1n) is 8.11. The average molecular weight is 369 g/mol. The fourth-order valence-corrected chi connectivity index (χ4v) is 3.04. The highest BCUT2D eigenvalue weighted by Gasteiger charge is 2.13. The lowest BCUT2D eigenvalue weighted by molar-refractivity contribution is -0.146. The molecule has 0 aliphatic carbocycles. The molecule has 0 saturated carbocycles. The van der Waals surface area contributed by atoms with E-state index in [0.29, 0.717) is 5.69 Å². The quantitative estimate of drug-likeness (QED) is 0.521. The van der Waals surface area contributed by atoms with Gasteiger partial charge in [0.1, 0.15) is 5.58 Å². The van der Waals surface area contributed by atoms with E-state index in [1.807, 2.05) is 49.6 Å². The van der Waals surface area contributed by atoms with Crippen molar-refractivity contribution >= 4 is 40.3 Å². The largest absolute Gasteiger partial charge is 0.464 e. The van der Waals surface area contributed by atoms with Gasteiger partial charge >= 0.3 is 5.97 Å². The van der Waals surface area contributed by atoms with Crippen LogP contribution in [0.2, 0.25) is 0 Å². The van der Waals surface area contributed by atoms with Gasteiger partial charge in [-0.15, -0.1) is 11.8 Å². The van der Waals surface area contributed by atoms with E-state index in [1.54, 1.807) is 24.1 Å². The average Bonchev–Trinajstić information content (AvgIpc) is 3.02. The van der Waals surface area contributed by atoms with Gasteiger partial charge in [-0.1, -0.05) is 18.2 Å². The third-order valence-corrected chi connectivity index (χ3v) is 4.59. The van der Waals surface area contributed by atoms with Crippen LogP contribution in [0.25, 0.3) is 11.0 Å². The molecule has 134 valence electrons. The smallest absolute Gasteiger partial charge is 0.310 e. The Balaban J connectivity index is 1.53. The molecule has 0 spiro atoms. The second kappa shape index (κ2) is 8.10. The van der Waals surface area contributed by atoms with Crippen LogP contribution in [-0.4, -0.2) is 24.7 Å². The maximum absolute atomic E-state index is 12.0. The Hall–Kier alpha value is -2.73. The highest BCUT2D eigenvalue weighted by Crippen LogP contribution is 2.23. The molecule has 1 N–H and O–H groups in total. The third-order valence-electron chi connectivity index (χ3n) is 3.86. The molecular formula is C20H19NO4S. The van der Waals surface area contributed by atoms with Crippen LogP contribution in [-0.2, 0) is 20.7 Å². The number of amides is 1. The van der Waals surface area contributed by atoms with E-state index in [1.165, 1.54) is 0 Å². The van der Waals surface area contributed by atoms with Gasteiger partial charge in [-0.3, -0.25) is 9.59 Å². The summed E-state index contributed by atoms with van der Waals surface area (Å²) in [6.07, 6.45) is 3.58. The summed E-state index contributed by atoms with van der Waals surface area (Å²) in [4.78, 5) is 25.0. The van der Waals surface area contributed by atoms with Crippen LogP contribution >= 0.6 is 11.8 Å². The number of carbonyl (C=O) groups is 2. The minimum absolute atomic E-state index is 0.0608. The Morgan fingerprint density at radius 3 is 2.85 bits per heavy atom. The molecule has 0 saturated heterocycles. The number of esters is 1. The summed E-state index contributed by atoms with van der Waals surface area (Å²) in [5.41, 5.74) is 3.24. The Labute approximate surface area is 155 Å². The van der Waals surface area contributed by atoms with Crippen molar-refractivity contribution in [1.29, 1.82) is 0 Å². The fraction of sp³-hybridized carbons (Fsp3) is 0.200. The second-order valence-electron chi connectivity index (χ2n) is 5.88. The molecule has 0 bridgehead atoms. The summed E-state index contributed by atoms with van der Waals surface area (Å²) >= 11 is 1.59. The Morgan fingerprint density at radius 2 is 2.04 bits per heavy atom. The molecule has 5 nitrogen and oxygen atoms in total. The van der Waals surface area contributed by atoms with Crippen LogP contribution < -0.4 is 5.32 Å². The van der Waals surface area contributed by atoms with Gasteiger partial charge in [0.05, 0.1) is 12.7 Å². The number of nitrogens with one attached hydrogen (secondary N) is 1. The molecule has 3 aromatic rings. The van der Waals surface area contributed by atoms with Gasteiger partial charge in [0, 0.05) is 21.5 Å². The van der Waals surface area contributed by atoms with E-state index in [0.717, 1.165) is 27.0 Å². The molecule has 3 rings (SSSR count). The fourth-order valence-electron chi connectivity index (χ4n) is 2.58. The number of rotatable bonds is 6. The highest BCUT2D eigenvalue weighted by molar-refractivity contribution is 7.98. The summed E-state index contributed by atoms with van der Waals surface area (Å²) in [7, 11) is 0. The molecule has 0 radical (unpaired) electrons. The van der Waals surface area contributed by atoms with E-state index in [2.05, 4.69) is 5.32 Å². The van der Waals surface area contributed by atoms with Gasteiger partial charge in [-0.05, 0) is 43.0 Å². The van der Waals surface area contributed by atoms with Crippen molar-refractivity contribution in [2.45, 2.75) is 18.2 Å². The molecule has 2 aromatic carbocycles. The van der Waals surface area contributed by atoms with Crippen LogP contribution in [0.1, 0.15) is 11.1 Å². The highest BCUT2D eigenvalue weighted by atomic mass is 32.2. The number of hydrogen-bond acceptors (Lipinski definition) is 5. The lowest BCUT2D eigenvalue weighted by atomic mass is 10.1. The molecule has 0 aliphatic rings. The molecular weight excluding hydrogens is 350 g/mol. The number of anilines is 1. The van der Waals surface area contributed by atoms with Gasteiger partial charge in [0.15, 0.2) is 6.61 Å². The number of furan rings is 1. The summed E-state index contributed by atoms with van der Waals surface area (Å²) in [6, 6.07) is 13.3. The van der Waals surface area contributed by atoms with E-state index >= 15 is 0 Å². The summed E-state index contributed by atoms with van der Waals surface area (Å²) < 4.78 is 10.5. The van der Waals surface area contributed by atoms with E-state index in [4.69, 9.17) is 9.15 Å². The predicted molar refractivity (Wildman–Crippen MR) is 102 cm³/mol. The van der Waals surface area contributed by atoms with Crippen LogP contribution in [0, 0.1) is 6.92 Å². The number of aryl methyl sites for hydroxylation is 1. The standard InChI is InChI=1S/C20H19NO4S/c1-13-6-7-17-14(11-24-18(17)8-13)9-20(23)25-12-19(22)21-15-4-3-5-16(10-15)26-2/h3-8,10-11H,9,12H2,1-2H3,(H,21,22). The van der Waals surface area contributed by atoms with Crippen molar-refractivity contribution in [3.63, 3.8) is 0 Å². The first-order chi connectivity index (χ1) is 12.5. The van der Waals surface area contributed by atoms with Crippen molar-refractivity contribution in [3.05, 3.63) is 59.9 Å². The predicted octanol–water partition coefficient (Wildman–Crippen LogP) is 4.19. The van der Waals surface area contributed by atoms with Gasteiger partial charge < -0.3 is 14.5 Å². The molecule has 0 fully saturated rings. The van der Waals surface area contributed by atoms with Crippen molar-refractivity contribution in [3.8, 4) is 0 Å². The zero-order valence-corrected chi connectivity index (χ0v) is 15.4. The molecule has 1 heterocycles. The third kappa shape index (κ3) is 4.46. The van der Waals surface area contributed by atoms with Crippen LogP contribution in [0.5, 0.6) is 0 Å². The molecule has 0 unspecified atom stereocenters. The maximum atomic E-state index is 12.0. The topological polar surface area (TPSA) is 68.5 Å². The van der Waals surface area contributed by atoms with Gasteiger partial charge in [-0.2, -0.15) is 0 Å². The van der Waals surface area contributed by atoms with Crippen molar-refractivity contribution in [1.82, 2.24) is 0 Å². The zero-order chi connectivity index (χ0) is 18.5. The van der Waals surface area contributed by atoms with Crippen molar-refractivity contribution in [2.75, 3.05) is 18.2 Å². The van der Waals surface area contributed by atoms with E-state index < -0.39 is 5.97 Å². The van der Waals surface area contributed by atoms with Crippen LogP contribution in [0.15, 0.2) is 58.0 Å². The monoisotopic (exact) mass is 369 g/mol. The van der Waals surface area contributed by atoms with Crippen molar-refractivity contribution in [2.24, 2.45) is 0 Å². The molecule has 6 heteroatoms. The summed E-state index contributed by atoms with van der Waals surface area (Å²) in [5, 5.41) is 3.60. The van der Waals surface area contributed by atoms with E-state index in [9.17, 15) is 9.59 Å². The number of carbonyl (C=O) groups excluding carboxylic acids is 2. The Kier molecular flexibility index (Phi) is 5.63. The minimum atomic E-state index is -0.471. The van der Waals surface area contributed by atoms with Gasteiger partial charge in [0.25, 0.3) is 5.91 Å². The van der Waals surface area contributed by atoms with Crippen molar-refractivity contribution < 1.29 is 18.7 Å². The molecule has 0 aliphatic heterocycles. The first kappa shape index (κ1) is 18.1. The Bertz CT molecular complexity index is 948. The van der Waals surface area contributed by atoms with Gasteiger partial charge in [0.2, 0.25) is 0 Å². The number of thioether (sulfide) groups is 1. The lowest BCUT2D eigenvalue weighted by Crippen LogP contribution is -2.21. The van der Waals surface area contributed by atoms with Crippen LogP contribution in [0.3, 0.4) is 0 Å². The molecule has 0 atom stereocenters. The number of ether oxygens (including phenoxy) is 1. The SMILES string of the molecule is CSc1cccc(NC(=O)COC(=O)Cc2coc3cc(C)ccc23)c1.